The number of fused-ring (bicyclic) bond motifs is 1. The van der Waals surface area contributed by atoms with Crippen LogP contribution in [-0.2, 0) is 16.0 Å². The summed E-state index contributed by atoms with van der Waals surface area (Å²) in [5.41, 5.74) is 4.86. The number of pyridine rings is 1. The molecule has 3 rings (SSSR count). The predicted octanol–water partition coefficient (Wildman–Crippen LogP) is 3.99. The van der Waals surface area contributed by atoms with E-state index in [0.29, 0.717) is 17.2 Å². The number of esters is 1. The highest BCUT2D eigenvalue weighted by molar-refractivity contribution is 7.16. The Bertz CT molecular complexity index is 1030. The van der Waals surface area contributed by atoms with Crippen molar-refractivity contribution in [2.24, 2.45) is 0 Å². The minimum atomic E-state index is -0.406. The summed E-state index contributed by atoms with van der Waals surface area (Å²) in [6, 6.07) is 3.93. The molecule has 0 aromatic carbocycles. The first-order valence-corrected chi connectivity index (χ1v) is 9.65. The number of nitrogens with one attached hydrogen (secondary N) is 1. The third kappa shape index (κ3) is 3.60. The second-order valence-electron chi connectivity index (χ2n) is 6.46. The number of amides is 1. The zero-order valence-corrected chi connectivity index (χ0v) is 17.0. The highest BCUT2D eigenvalue weighted by Gasteiger charge is 2.23. The van der Waals surface area contributed by atoms with Crippen molar-refractivity contribution in [3.8, 4) is 0 Å². The number of anilines is 1. The van der Waals surface area contributed by atoms with Crippen LogP contribution in [0, 0.1) is 27.7 Å². The topological polar surface area (TPSA) is 72.7 Å². The van der Waals surface area contributed by atoms with E-state index in [0.717, 1.165) is 33.0 Å². The van der Waals surface area contributed by atoms with Gasteiger partial charge in [-0.1, -0.05) is 6.07 Å². The largest absolute Gasteiger partial charge is 0.462 e. The molecule has 1 amide bonds. The van der Waals surface area contributed by atoms with E-state index >= 15 is 0 Å². The molecule has 142 valence electrons. The van der Waals surface area contributed by atoms with Crippen LogP contribution in [0.25, 0.3) is 5.65 Å². The van der Waals surface area contributed by atoms with Crippen molar-refractivity contribution in [1.82, 2.24) is 9.38 Å². The Morgan fingerprint density at radius 3 is 2.70 bits per heavy atom. The second-order valence-corrected chi connectivity index (χ2v) is 7.69. The smallest absolute Gasteiger partial charge is 0.341 e. The monoisotopic (exact) mass is 385 g/mol. The first-order valence-electron chi connectivity index (χ1n) is 8.83. The maximum Gasteiger partial charge on any atom is 0.341 e. The highest BCUT2D eigenvalue weighted by Crippen LogP contribution is 2.33. The molecule has 3 aromatic rings. The zero-order valence-electron chi connectivity index (χ0n) is 16.2. The summed E-state index contributed by atoms with van der Waals surface area (Å²) in [4.78, 5) is 30.6. The molecule has 0 saturated heterocycles. The van der Waals surface area contributed by atoms with Crippen LogP contribution in [0.5, 0.6) is 0 Å². The molecule has 0 bridgehead atoms. The minimum absolute atomic E-state index is 0.175. The number of aromatic nitrogens is 2. The van der Waals surface area contributed by atoms with Gasteiger partial charge >= 0.3 is 5.97 Å². The van der Waals surface area contributed by atoms with E-state index in [1.165, 1.54) is 11.3 Å². The van der Waals surface area contributed by atoms with E-state index in [-0.39, 0.29) is 12.3 Å². The lowest BCUT2D eigenvalue weighted by Gasteiger charge is -2.08. The van der Waals surface area contributed by atoms with Crippen LogP contribution in [0.1, 0.15) is 44.7 Å². The molecule has 3 heterocycles. The Morgan fingerprint density at radius 1 is 1.26 bits per heavy atom. The van der Waals surface area contributed by atoms with Gasteiger partial charge in [-0.25, -0.2) is 9.78 Å². The van der Waals surface area contributed by atoms with Crippen molar-refractivity contribution in [2.45, 2.75) is 41.0 Å². The van der Waals surface area contributed by atoms with E-state index in [9.17, 15) is 9.59 Å². The van der Waals surface area contributed by atoms with Gasteiger partial charge in [-0.2, -0.15) is 0 Å². The average Bonchev–Trinajstić information content (AvgIpc) is 3.06. The Labute approximate surface area is 162 Å². The Kier molecular flexibility index (Phi) is 5.32. The number of carbonyl (C=O) groups is 2. The molecule has 0 spiro atoms. The van der Waals surface area contributed by atoms with Crippen molar-refractivity contribution >= 4 is 33.9 Å². The zero-order chi connectivity index (χ0) is 19.7. The molecule has 0 atom stereocenters. The van der Waals surface area contributed by atoms with E-state index in [1.807, 2.05) is 50.4 Å². The van der Waals surface area contributed by atoms with Crippen molar-refractivity contribution < 1.29 is 14.3 Å². The molecule has 0 aliphatic rings. The number of carbonyl (C=O) groups excluding carboxylic acids is 2. The third-order valence-corrected chi connectivity index (χ3v) is 5.71. The number of ether oxygens (including phenoxy) is 1. The third-order valence-electron chi connectivity index (χ3n) is 4.59. The van der Waals surface area contributed by atoms with Crippen LogP contribution in [0.15, 0.2) is 18.3 Å². The van der Waals surface area contributed by atoms with Gasteiger partial charge in [0.05, 0.1) is 30.0 Å². The Balaban J connectivity index is 1.88. The van der Waals surface area contributed by atoms with Gasteiger partial charge in [0.15, 0.2) is 0 Å². The highest BCUT2D eigenvalue weighted by atomic mass is 32.1. The van der Waals surface area contributed by atoms with Gasteiger partial charge in [-0.3, -0.25) is 4.79 Å². The van der Waals surface area contributed by atoms with E-state index in [1.54, 1.807) is 6.92 Å². The number of hydrogen-bond acceptors (Lipinski definition) is 5. The molecule has 0 radical (unpaired) electrons. The number of nitrogens with zero attached hydrogens (tertiary/aromatic N) is 2. The first kappa shape index (κ1) is 19.1. The molecule has 6 nitrogen and oxygen atoms in total. The number of imidazole rings is 1. The van der Waals surface area contributed by atoms with E-state index < -0.39 is 5.97 Å². The summed E-state index contributed by atoms with van der Waals surface area (Å²) in [7, 11) is 0. The van der Waals surface area contributed by atoms with Crippen molar-refractivity contribution in [2.75, 3.05) is 11.9 Å². The first-order chi connectivity index (χ1) is 12.8. The fourth-order valence-electron chi connectivity index (χ4n) is 3.07. The summed E-state index contributed by atoms with van der Waals surface area (Å²) < 4.78 is 7.09. The Morgan fingerprint density at radius 2 is 2.00 bits per heavy atom. The van der Waals surface area contributed by atoms with Crippen LogP contribution in [0.3, 0.4) is 0 Å². The second kappa shape index (κ2) is 7.52. The molecule has 0 unspecified atom stereocenters. The van der Waals surface area contributed by atoms with Crippen LogP contribution >= 0.6 is 11.3 Å². The summed E-state index contributed by atoms with van der Waals surface area (Å²) >= 11 is 1.39. The fourth-order valence-corrected chi connectivity index (χ4v) is 4.13. The van der Waals surface area contributed by atoms with Crippen molar-refractivity contribution in [1.29, 1.82) is 0 Å². The van der Waals surface area contributed by atoms with Crippen molar-refractivity contribution in [3.05, 3.63) is 51.3 Å². The summed E-state index contributed by atoms with van der Waals surface area (Å²) in [6.07, 6.45) is 2.09. The molecule has 0 fully saturated rings. The summed E-state index contributed by atoms with van der Waals surface area (Å²) in [6.45, 7) is 9.75. The van der Waals surface area contributed by atoms with Gasteiger partial charge in [-0.15, -0.1) is 11.3 Å². The summed E-state index contributed by atoms with van der Waals surface area (Å²) in [5, 5.41) is 3.43. The molecular weight excluding hydrogens is 362 g/mol. The molecule has 0 saturated carbocycles. The predicted molar refractivity (Wildman–Crippen MR) is 107 cm³/mol. The summed E-state index contributed by atoms with van der Waals surface area (Å²) in [5.74, 6) is -0.593. The molecule has 0 aliphatic carbocycles. The lowest BCUT2D eigenvalue weighted by Crippen LogP contribution is -2.18. The minimum Gasteiger partial charge on any atom is -0.462 e. The van der Waals surface area contributed by atoms with Crippen LogP contribution in [-0.4, -0.2) is 27.9 Å². The van der Waals surface area contributed by atoms with Crippen LogP contribution < -0.4 is 5.32 Å². The molecule has 0 aliphatic heterocycles. The van der Waals surface area contributed by atoms with Crippen LogP contribution in [0.4, 0.5) is 5.00 Å². The van der Waals surface area contributed by atoms with Gasteiger partial charge in [0.2, 0.25) is 5.91 Å². The van der Waals surface area contributed by atoms with Gasteiger partial charge in [0.1, 0.15) is 10.6 Å². The van der Waals surface area contributed by atoms with Gasteiger partial charge in [0, 0.05) is 11.1 Å². The molecule has 7 heteroatoms. The molecule has 3 aromatic heterocycles. The van der Waals surface area contributed by atoms with E-state index in [2.05, 4.69) is 10.3 Å². The fraction of sp³-hybridized carbons (Fsp3) is 0.350. The normalized spacial score (nSPS) is 11.0. The quantitative estimate of drug-likeness (QED) is 0.674. The van der Waals surface area contributed by atoms with E-state index in [4.69, 9.17) is 4.74 Å². The molecule has 27 heavy (non-hydrogen) atoms. The van der Waals surface area contributed by atoms with Gasteiger partial charge in [-0.05, 0) is 51.8 Å². The average molecular weight is 385 g/mol. The standard InChI is InChI=1S/C20H23N3O3S/c1-6-26-20(25)17-12(3)14(5)27-19(17)22-16(24)10-15-13(4)21-18-11(2)8-7-9-23(15)18/h7-9H,6,10H2,1-5H3,(H,22,24). The lowest BCUT2D eigenvalue weighted by atomic mass is 10.1. The Hall–Kier alpha value is -2.67. The molecule has 1 N–H and O–H groups in total. The van der Waals surface area contributed by atoms with Crippen molar-refractivity contribution in [3.63, 3.8) is 0 Å². The van der Waals surface area contributed by atoms with Gasteiger partial charge < -0.3 is 14.5 Å². The maximum absolute atomic E-state index is 12.7. The maximum atomic E-state index is 12.7. The SMILES string of the molecule is CCOC(=O)c1c(NC(=O)Cc2c(C)nc3c(C)cccn23)sc(C)c1C. The number of thiophene rings is 1. The number of rotatable bonds is 5. The molecular formula is C20H23N3O3S. The lowest BCUT2D eigenvalue weighted by molar-refractivity contribution is -0.115. The van der Waals surface area contributed by atoms with Crippen LogP contribution in [0.2, 0.25) is 0 Å². The van der Waals surface area contributed by atoms with Gasteiger partial charge in [0.25, 0.3) is 0 Å². The number of hydrogen-bond donors (Lipinski definition) is 1. The number of aryl methyl sites for hydroxylation is 3.